The summed E-state index contributed by atoms with van der Waals surface area (Å²) in [5, 5.41) is 37.5. The zero-order valence-electron chi connectivity index (χ0n) is 10.0. The van der Waals surface area contributed by atoms with Gasteiger partial charge in [-0.3, -0.25) is 0 Å². The van der Waals surface area contributed by atoms with E-state index in [9.17, 15) is 15.3 Å². The summed E-state index contributed by atoms with van der Waals surface area (Å²) in [6.07, 6.45) is -1.19. The van der Waals surface area contributed by atoms with Gasteiger partial charge in [0.15, 0.2) is 6.10 Å². The van der Waals surface area contributed by atoms with Crippen molar-refractivity contribution in [2.24, 2.45) is 0 Å². The molecule has 0 amide bonds. The number of hydrogen-bond acceptors (Lipinski definition) is 7. The summed E-state index contributed by atoms with van der Waals surface area (Å²) in [5.41, 5.74) is 0. The fourth-order valence-electron chi connectivity index (χ4n) is 1.56. The number of rotatable bonds is 7. The fourth-order valence-corrected chi connectivity index (χ4v) is 1.79. The lowest BCUT2D eigenvalue weighted by Gasteiger charge is -2.31. The van der Waals surface area contributed by atoms with Crippen LogP contribution in [-0.4, -0.2) is 57.7 Å². The van der Waals surface area contributed by atoms with Gasteiger partial charge >= 0.3 is 5.95 Å². The Morgan fingerprint density at radius 3 is 2.56 bits per heavy atom. The summed E-state index contributed by atoms with van der Waals surface area (Å²) < 4.78 is 10.3. The first-order valence-corrected chi connectivity index (χ1v) is 6.55. The summed E-state index contributed by atoms with van der Waals surface area (Å²) in [6, 6.07) is 0. The lowest BCUT2D eigenvalue weighted by Crippen LogP contribution is -2.46. The molecule has 0 bridgehead atoms. The van der Waals surface area contributed by atoms with Gasteiger partial charge in [0.05, 0.1) is 13.2 Å². The quantitative estimate of drug-likeness (QED) is 0.331. The minimum atomic E-state index is -1.50. The van der Waals surface area contributed by atoms with Crippen molar-refractivity contribution in [3.63, 3.8) is 0 Å². The van der Waals surface area contributed by atoms with Gasteiger partial charge in [0.25, 0.3) is 0 Å². The van der Waals surface area contributed by atoms with Gasteiger partial charge in [0.2, 0.25) is 5.76 Å². The largest absolute Gasteiger partial charge is 0.504 e. The molecule has 1 rings (SSSR count). The third-order valence-corrected chi connectivity index (χ3v) is 2.98. The van der Waals surface area contributed by atoms with E-state index in [1.54, 1.807) is 0 Å². The Balaban J connectivity index is 2.47. The van der Waals surface area contributed by atoms with Crippen LogP contribution in [0.15, 0.2) is 11.7 Å². The van der Waals surface area contributed by atoms with Crippen molar-refractivity contribution in [2.75, 3.05) is 19.0 Å². The molecule has 0 spiro atoms. The number of aliphatic hydroxyl groups excluding tert-OH is 4. The first kappa shape index (κ1) is 15.4. The van der Waals surface area contributed by atoms with Crippen molar-refractivity contribution in [3.8, 4) is 0 Å². The standard InChI is InChI=1S/C11H20O6S/c12-6-7-8(13)9(14)10(15)11(17-7)16-4-2-1-3-5-18/h7-9,12-15,18H,1-6H2/t7?,8-,9?/m0/s1. The second-order valence-electron chi connectivity index (χ2n) is 4.08. The Morgan fingerprint density at radius 1 is 1.22 bits per heavy atom. The van der Waals surface area contributed by atoms with Crippen LogP contribution in [0, 0.1) is 0 Å². The van der Waals surface area contributed by atoms with Crippen LogP contribution in [0.3, 0.4) is 0 Å². The van der Waals surface area contributed by atoms with Crippen LogP contribution >= 0.6 is 12.6 Å². The van der Waals surface area contributed by atoms with Gasteiger partial charge in [0.1, 0.15) is 12.2 Å². The summed E-state index contributed by atoms with van der Waals surface area (Å²) in [5.74, 6) is 0.0428. The summed E-state index contributed by atoms with van der Waals surface area (Å²) in [7, 11) is 0. The lowest BCUT2D eigenvalue weighted by molar-refractivity contribution is -0.148. The maximum atomic E-state index is 9.55. The Hall–Kier alpha value is -0.630. The number of unbranched alkanes of at least 4 members (excludes halogenated alkanes) is 2. The van der Waals surface area contributed by atoms with Crippen LogP contribution in [0.25, 0.3) is 0 Å². The molecule has 3 atom stereocenters. The van der Waals surface area contributed by atoms with Crippen LogP contribution in [0.1, 0.15) is 19.3 Å². The Morgan fingerprint density at radius 2 is 1.94 bits per heavy atom. The molecule has 0 saturated carbocycles. The highest BCUT2D eigenvalue weighted by molar-refractivity contribution is 7.80. The molecule has 0 fully saturated rings. The second kappa shape index (κ2) is 7.73. The van der Waals surface area contributed by atoms with Crippen LogP contribution in [0.4, 0.5) is 0 Å². The van der Waals surface area contributed by atoms with Gasteiger partial charge in [-0.25, -0.2) is 0 Å². The SMILES string of the molecule is OCC1OC(OCCCCCS)=C(O)C(O)[C@H]1O. The van der Waals surface area contributed by atoms with Crippen molar-refractivity contribution in [3.05, 3.63) is 11.7 Å². The highest BCUT2D eigenvalue weighted by Gasteiger charge is 2.39. The minimum absolute atomic E-state index is 0.224. The molecule has 6 nitrogen and oxygen atoms in total. The lowest BCUT2D eigenvalue weighted by atomic mass is 10.1. The molecular formula is C11H20O6S. The topological polar surface area (TPSA) is 99.4 Å². The fraction of sp³-hybridized carbons (Fsp3) is 0.818. The van der Waals surface area contributed by atoms with Crippen molar-refractivity contribution < 1.29 is 29.9 Å². The number of aliphatic hydroxyl groups is 4. The highest BCUT2D eigenvalue weighted by Crippen LogP contribution is 2.24. The third-order valence-electron chi connectivity index (χ3n) is 2.67. The minimum Gasteiger partial charge on any atom is -0.504 e. The predicted octanol–water partition coefficient (Wildman–Crippen LogP) is -0.0569. The van der Waals surface area contributed by atoms with Gasteiger partial charge in [-0.2, -0.15) is 12.6 Å². The zero-order valence-corrected chi connectivity index (χ0v) is 10.9. The first-order valence-electron chi connectivity index (χ1n) is 5.92. The number of thiol groups is 1. The zero-order chi connectivity index (χ0) is 13.5. The molecule has 7 heteroatoms. The predicted molar refractivity (Wildman–Crippen MR) is 67.3 cm³/mol. The van der Waals surface area contributed by atoms with E-state index in [1.807, 2.05) is 0 Å². The molecule has 1 heterocycles. The molecule has 0 radical (unpaired) electrons. The van der Waals surface area contributed by atoms with E-state index in [2.05, 4.69) is 12.6 Å². The molecule has 0 aliphatic carbocycles. The van der Waals surface area contributed by atoms with E-state index in [-0.39, 0.29) is 5.95 Å². The van der Waals surface area contributed by atoms with Gasteiger partial charge in [-0.15, -0.1) is 0 Å². The molecular weight excluding hydrogens is 260 g/mol. The second-order valence-corrected chi connectivity index (χ2v) is 4.53. The van der Waals surface area contributed by atoms with Crippen molar-refractivity contribution >= 4 is 12.6 Å². The monoisotopic (exact) mass is 280 g/mol. The van der Waals surface area contributed by atoms with Crippen LogP contribution in [0.2, 0.25) is 0 Å². The maximum absolute atomic E-state index is 9.55. The summed E-state index contributed by atoms with van der Waals surface area (Å²) in [4.78, 5) is 0. The van der Waals surface area contributed by atoms with E-state index in [0.29, 0.717) is 6.61 Å². The molecule has 18 heavy (non-hydrogen) atoms. The molecule has 0 aromatic rings. The Kier molecular flexibility index (Phi) is 6.62. The van der Waals surface area contributed by atoms with Crippen molar-refractivity contribution in [2.45, 2.75) is 37.6 Å². The molecule has 0 saturated heterocycles. The van der Waals surface area contributed by atoms with Gasteiger partial charge in [-0.1, -0.05) is 0 Å². The van der Waals surface area contributed by atoms with E-state index in [4.69, 9.17) is 14.6 Å². The molecule has 1 aliphatic rings. The molecule has 106 valence electrons. The average molecular weight is 280 g/mol. The van der Waals surface area contributed by atoms with Crippen LogP contribution in [-0.2, 0) is 9.47 Å². The molecule has 4 N–H and O–H groups in total. The van der Waals surface area contributed by atoms with Crippen LogP contribution in [0.5, 0.6) is 0 Å². The molecule has 2 unspecified atom stereocenters. The third kappa shape index (κ3) is 3.94. The van der Waals surface area contributed by atoms with E-state index < -0.39 is 30.7 Å². The highest BCUT2D eigenvalue weighted by atomic mass is 32.1. The van der Waals surface area contributed by atoms with E-state index in [0.717, 1.165) is 25.0 Å². The molecule has 1 aliphatic heterocycles. The number of ether oxygens (including phenoxy) is 2. The van der Waals surface area contributed by atoms with E-state index >= 15 is 0 Å². The van der Waals surface area contributed by atoms with Gasteiger partial charge in [0, 0.05) is 0 Å². The molecule has 0 aromatic heterocycles. The number of hydrogen-bond donors (Lipinski definition) is 5. The normalized spacial score (nSPS) is 28.1. The first-order chi connectivity index (χ1) is 8.61. The van der Waals surface area contributed by atoms with Crippen molar-refractivity contribution in [1.29, 1.82) is 0 Å². The maximum Gasteiger partial charge on any atom is 0.322 e. The van der Waals surface area contributed by atoms with E-state index in [1.165, 1.54) is 0 Å². The Bertz CT molecular complexity index is 283. The molecule has 0 aromatic carbocycles. The van der Waals surface area contributed by atoms with Crippen LogP contribution < -0.4 is 0 Å². The Labute approximate surface area is 111 Å². The summed E-state index contributed by atoms with van der Waals surface area (Å²) >= 11 is 4.08. The van der Waals surface area contributed by atoms with Crippen molar-refractivity contribution in [1.82, 2.24) is 0 Å². The smallest absolute Gasteiger partial charge is 0.322 e. The average Bonchev–Trinajstić information content (AvgIpc) is 2.38. The summed E-state index contributed by atoms with van der Waals surface area (Å²) in [6.45, 7) is -0.147. The van der Waals surface area contributed by atoms with Gasteiger partial charge in [-0.05, 0) is 25.0 Å². The van der Waals surface area contributed by atoms with Gasteiger partial charge < -0.3 is 29.9 Å².